The Bertz CT molecular complexity index is 589. The van der Waals surface area contributed by atoms with Crippen molar-refractivity contribution in [2.75, 3.05) is 40.3 Å². The Balaban J connectivity index is 1.39. The third kappa shape index (κ3) is 5.43. The normalized spacial score (nSPS) is 17.9. The summed E-state index contributed by atoms with van der Waals surface area (Å²) in [4.78, 5) is 4.82. The first-order valence-corrected chi connectivity index (χ1v) is 9.42. The first-order chi connectivity index (χ1) is 12.2. The molecule has 1 aliphatic heterocycles. The van der Waals surface area contributed by atoms with Gasteiger partial charge in [-0.05, 0) is 64.1 Å². The van der Waals surface area contributed by atoms with E-state index in [9.17, 15) is 0 Å². The molecule has 1 unspecified atom stereocenters. The highest BCUT2D eigenvalue weighted by molar-refractivity contribution is 5.14. The summed E-state index contributed by atoms with van der Waals surface area (Å²) in [6, 6.07) is 15.8. The Kier molecular flexibility index (Phi) is 6.68. The van der Waals surface area contributed by atoms with Gasteiger partial charge in [-0.2, -0.15) is 0 Å². The second kappa shape index (κ2) is 9.18. The van der Waals surface area contributed by atoms with Gasteiger partial charge in [-0.3, -0.25) is 4.90 Å². The molecule has 0 aliphatic carbocycles. The van der Waals surface area contributed by atoms with Gasteiger partial charge in [0.15, 0.2) is 0 Å². The molecule has 2 aromatic rings. The van der Waals surface area contributed by atoms with Gasteiger partial charge in [0.25, 0.3) is 0 Å². The topological polar surface area (TPSA) is 31.6 Å². The number of rotatable bonds is 8. The predicted octanol–water partition coefficient (Wildman–Crippen LogP) is 3.18. The van der Waals surface area contributed by atoms with E-state index in [1.54, 1.807) is 6.26 Å². The summed E-state index contributed by atoms with van der Waals surface area (Å²) >= 11 is 0. The van der Waals surface area contributed by atoms with Crippen molar-refractivity contribution in [2.45, 2.75) is 31.3 Å². The van der Waals surface area contributed by atoms with Crippen LogP contribution in [0.1, 0.15) is 30.2 Å². The lowest BCUT2D eigenvalue weighted by Gasteiger charge is -2.34. The highest BCUT2D eigenvalue weighted by Gasteiger charge is 2.22. The van der Waals surface area contributed by atoms with Crippen LogP contribution in [0.3, 0.4) is 0 Å². The van der Waals surface area contributed by atoms with Crippen LogP contribution in [0, 0.1) is 0 Å². The van der Waals surface area contributed by atoms with E-state index in [4.69, 9.17) is 4.42 Å². The Morgan fingerprint density at radius 3 is 2.52 bits per heavy atom. The number of piperidine rings is 1. The van der Waals surface area contributed by atoms with Gasteiger partial charge >= 0.3 is 0 Å². The summed E-state index contributed by atoms with van der Waals surface area (Å²) in [5, 5.41) is 3.76. The fraction of sp³-hybridized carbons (Fsp3) is 0.524. The van der Waals surface area contributed by atoms with E-state index in [1.807, 2.05) is 6.07 Å². The Morgan fingerprint density at radius 1 is 1.12 bits per heavy atom. The molecule has 0 bridgehead atoms. The van der Waals surface area contributed by atoms with Crippen LogP contribution in [-0.2, 0) is 6.42 Å². The lowest BCUT2D eigenvalue weighted by atomic mass is 10.0. The minimum atomic E-state index is 0.297. The molecular formula is C21H31N3O. The van der Waals surface area contributed by atoms with Gasteiger partial charge < -0.3 is 14.6 Å². The molecule has 0 amide bonds. The van der Waals surface area contributed by atoms with Crippen molar-refractivity contribution in [3.8, 4) is 0 Å². The highest BCUT2D eigenvalue weighted by atomic mass is 16.3. The molecule has 0 spiro atoms. The van der Waals surface area contributed by atoms with Gasteiger partial charge in [-0.15, -0.1) is 0 Å². The van der Waals surface area contributed by atoms with Crippen molar-refractivity contribution in [1.82, 2.24) is 15.1 Å². The third-order valence-corrected chi connectivity index (χ3v) is 5.24. The number of nitrogens with zero attached hydrogens (tertiary/aromatic N) is 2. The molecule has 1 aromatic carbocycles. The van der Waals surface area contributed by atoms with E-state index >= 15 is 0 Å². The summed E-state index contributed by atoms with van der Waals surface area (Å²) in [6.07, 6.45) is 5.37. The van der Waals surface area contributed by atoms with Crippen LogP contribution >= 0.6 is 0 Å². The average molecular weight is 341 g/mol. The van der Waals surface area contributed by atoms with Gasteiger partial charge in [-0.1, -0.05) is 30.3 Å². The zero-order chi connectivity index (χ0) is 17.5. The van der Waals surface area contributed by atoms with Crippen LogP contribution in [0.15, 0.2) is 53.1 Å². The second-order valence-electron chi connectivity index (χ2n) is 7.25. The van der Waals surface area contributed by atoms with Crippen molar-refractivity contribution in [3.63, 3.8) is 0 Å². The van der Waals surface area contributed by atoms with Gasteiger partial charge in [0.1, 0.15) is 5.76 Å². The monoisotopic (exact) mass is 341 g/mol. The molecule has 1 atom stereocenters. The zero-order valence-electron chi connectivity index (χ0n) is 15.5. The summed E-state index contributed by atoms with van der Waals surface area (Å²) in [5.74, 6) is 1.04. The maximum Gasteiger partial charge on any atom is 0.122 e. The standard InChI is InChI=1S/C21H31N3O/c1-23(2)20(21-9-6-16-25-21)17-22-19-11-14-24(15-12-19)13-10-18-7-4-3-5-8-18/h3-9,16,19-20,22H,10-15,17H2,1-2H3. The van der Waals surface area contributed by atoms with Crippen LogP contribution in [0.4, 0.5) is 0 Å². The summed E-state index contributed by atoms with van der Waals surface area (Å²) in [5.41, 5.74) is 1.44. The molecule has 4 heteroatoms. The van der Waals surface area contributed by atoms with Crippen molar-refractivity contribution in [1.29, 1.82) is 0 Å². The molecule has 0 saturated carbocycles. The van der Waals surface area contributed by atoms with Crippen LogP contribution in [0.25, 0.3) is 0 Å². The molecule has 1 aromatic heterocycles. The van der Waals surface area contributed by atoms with Crippen LogP contribution in [0.5, 0.6) is 0 Å². The molecule has 1 saturated heterocycles. The fourth-order valence-electron chi connectivity index (χ4n) is 3.59. The number of likely N-dealkylation sites (N-methyl/N-ethyl adjacent to an activating group) is 1. The smallest absolute Gasteiger partial charge is 0.122 e. The van der Waals surface area contributed by atoms with E-state index in [0.717, 1.165) is 18.7 Å². The van der Waals surface area contributed by atoms with E-state index in [1.165, 1.54) is 38.0 Å². The molecule has 2 heterocycles. The summed E-state index contributed by atoms with van der Waals surface area (Å²) in [6.45, 7) is 4.49. The third-order valence-electron chi connectivity index (χ3n) is 5.24. The Hall–Kier alpha value is -1.62. The number of benzene rings is 1. The molecule has 1 fully saturated rings. The lowest BCUT2D eigenvalue weighted by Crippen LogP contribution is -2.45. The Labute approximate surface area is 151 Å². The zero-order valence-corrected chi connectivity index (χ0v) is 15.5. The van der Waals surface area contributed by atoms with Crippen LogP contribution < -0.4 is 5.32 Å². The van der Waals surface area contributed by atoms with E-state index in [0.29, 0.717) is 12.1 Å². The quantitative estimate of drug-likeness (QED) is 0.799. The number of hydrogen-bond donors (Lipinski definition) is 1. The molecule has 136 valence electrons. The number of likely N-dealkylation sites (tertiary alicyclic amines) is 1. The molecule has 1 N–H and O–H groups in total. The van der Waals surface area contributed by atoms with Gasteiger partial charge in [0.2, 0.25) is 0 Å². The van der Waals surface area contributed by atoms with E-state index in [-0.39, 0.29) is 0 Å². The predicted molar refractivity (Wildman–Crippen MR) is 103 cm³/mol. The van der Waals surface area contributed by atoms with E-state index < -0.39 is 0 Å². The lowest BCUT2D eigenvalue weighted by molar-refractivity contribution is 0.185. The van der Waals surface area contributed by atoms with Crippen molar-refractivity contribution < 1.29 is 4.42 Å². The number of furan rings is 1. The van der Waals surface area contributed by atoms with Gasteiger partial charge in [0, 0.05) is 19.1 Å². The minimum absolute atomic E-state index is 0.297. The maximum absolute atomic E-state index is 5.60. The first-order valence-electron chi connectivity index (χ1n) is 9.42. The second-order valence-corrected chi connectivity index (χ2v) is 7.25. The van der Waals surface area contributed by atoms with Gasteiger partial charge in [-0.25, -0.2) is 0 Å². The van der Waals surface area contributed by atoms with Crippen molar-refractivity contribution in [3.05, 3.63) is 60.1 Å². The number of hydrogen-bond acceptors (Lipinski definition) is 4. The molecule has 25 heavy (non-hydrogen) atoms. The summed E-state index contributed by atoms with van der Waals surface area (Å²) in [7, 11) is 4.22. The molecule has 0 radical (unpaired) electrons. The highest BCUT2D eigenvalue weighted by Crippen LogP contribution is 2.19. The molecule has 3 rings (SSSR count). The van der Waals surface area contributed by atoms with Crippen LogP contribution in [0.2, 0.25) is 0 Å². The molecule has 4 nitrogen and oxygen atoms in total. The SMILES string of the molecule is CN(C)C(CNC1CCN(CCc2ccccc2)CC1)c1ccco1. The van der Waals surface area contributed by atoms with Crippen molar-refractivity contribution >= 4 is 0 Å². The largest absolute Gasteiger partial charge is 0.468 e. The Morgan fingerprint density at radius 2 is 1.88 bits per heavy atom. The average Bonchev–Trinajstić information content (AvgIpc) is 3.16. The van der Waals surface area contributed by atoms with Crippen molar-refractivity contribution in [2.24, 2.45) is 0 Å². The molecular weight excluding hydrogens is 310 g/mol. The minimum Gasteiger partial charge on any atom is -0.468 e. The summed E-state index contributed by atoms with van der Waals surface area (Å²) < 4.78 is 5.60. The van der Waals surface area contributed by atoms with E-state index in [2.05, 4.69) is 65.6 Å². The number of nitrogens with one attached hydrogen (secondary N) is 1. The first kappa shape index (κ1) is 18.2. The van der Waals surface area contributed by atoms with Gasteiger partial charge in [0.05, 0.1) is 12.3 Å². The van der Waals surface area contributed by atoms with Crippen LogP contribution in [-0.4, -0.2) is 56.1 Å². The fourth-order valence-corrected chi connectivity index (χ4v) is 3.59. The molecule has 1 aliphatic rings. The maximum atomic E-state index is 5.60.